The first-order valence-corrected chi connectivity index (χ1v) is 9.08. The van der Waals surface area contributed by atoms with Gasteiger partial charge in [0.15, 0.2) is 0 Å². The Morgan fingerprint density at radius 2 is 1.84 bits per heavy atom. The van der Waals surface area contributed by atoms with Crippen LogP contribution in [0.1, 0.15) is 30.6 Å². The van der Waals surface area contributed by atoms with E-state index in [4.69, 9.17) is 0 Å². The minimum atomic E-state index is -4.41. The number of carbonyl (C=O) groups is 1. The van der Waals surface area contributed by atoms with Gasteiger partial charge in [0.25, 0.3) is 5.91 Å². The first kappa shape index (κ1) is 21.4. The molecule has 2 N–H and O–H groups in total. The van der Waals surface area contributed by atoms with Gasteiger partial charge in [0, 0.05) is 18.2 Å². The van der Waals surface area contributed by atoms with Crippen LogP contribution in [0.15, 0.2) is 29.2 Å². The van der Waals surface area contributed by atoms with Gasteiger partial charge in [-0.1, -0.05) is 6.92 Å². The van der Waals surface area contributed by atoms with Crippen LogP contribution in [0, 0.1) is 0 Å². The molecule has 1 rings (SSSR count). The number of hydrogen-bond acceptors (Lipinski definition) is 4. The third-order valence-corrected chi connectivity index (χ3v) is 4.80. The first-order chi connectivity index (χ1) is 11.5. The molecule has 6 nitrogen and oxygen atoms in total. The molecule has 1 atom stereocenters. The van der Waals surface area contributed by atoms with Gasteiger partial charge < -0.3 is 10.1 Å². The summed E-state index contributed by atoms with van der Waals surface area (Å²) in [6.07, 6.45) is -3.77. The van der Waals surface area contributed by atoms with Crippen LogP contribution in [0.5, 0.6) is 0 Å². The van der Waals surface area contributed by atoms with E-state index >= 15 is 0 Å². The van der Waals surface area contributed by atoms with E-state index in [1.165, 1.54) is 24.3 Å². The van der Waals surface area contributed by atoms with Crippen LogP contribution in [0.2, 0.25) is 0 Å². The van der Waals surface area contributed by atoms with Crippen LogP contribution in [0.3, 0.4) is 0 Å². The summed E-state index contributed by atoms with van der Waals surface area (Å²) in [4.78, 5) is 11.9. The zero-order chi connectivity index (χ0) is 19.1. The van der Waals surface area contributed by atoms with Crippen LogP contribution in [0.4, 0.5) is 13.2 Å². The molecule has 1 aromatic rings. The van der Waals surface area contributed by atoms with E-state index in [-0.39, 0.29) is 29.7 Å². The van der Waals surface area contributed by atoms with E-state index < -0.39 is 28.7 Å². The highest BCUT2D eigenvalue weighted by atomic mass is 32.2. The van der Waals surface area contributed by atoms with Crippen molar-refractivity contribution in [3.63, 3.8) is 0 Å². The molecule has 0 fully saturated rings. The lowest BCUT2D eigenvalue weighted by Crippen LogP contribution is -2.32. The Bertz CT molecular complexity index is 660. The van der Waals surface area contributed by atoms with Crippen molar-refractivity contribution >= 4 is 15.9 Å². The fourth-order valence-electron chi connectivity index (χ4n) is 1.73. The summed E-state index contributed by atoms with van der Waals surface area (Å²) in [5, 5.41) is 2.39. The van der Waals surface area contributed by atoms with Gasteiger partial charge in [-0.2, -0.15) is 13.2 Å². The van der Waals surface area contributed by atoms with Crippen LogP contribution in [-0.2, 0) is 14.8 Å². The number of amides is 1. The van der Waals surface area contributed by atoms with Crippen LogP contribution in [-0.4, -0.2) is 46.3 Å². The minimum absolute atomic E-state index is 0.0258. The van der Waals surface area contributed by atoms with Gasteiger partial charge in [0.05, 0.1) is 11.5 Å². The number of benzene rings is 1. The second kappa shape index (κ2) is 9.16. The lowest BCUT2D eigenvalue weighted by atomic mass is 10.2. The standard InChI is InChI=1S/C15H21F3N2O4S/c1-3-11(2)20-25(22,23)13-6-4-12(5-7-13)14(21)19-8-9-24-10-15(16,17)18/h4-7,11,20H,3,8-10H2,1-2H3,(H,19,21). The van der Waals surface area contributed by atoms with Crippen molar-refractivity contribution in [1.29, 1.82) is 0 Å². The minimum Gasteiger partial charge on any atom is -0.370 e. The molecular formula is C15H21F3N2O4S. The van der Waals surface area contributed by atoms with E-state index in [1.54, 1.807) is 6.92 Å². The van der Waals surface area contributed by atoms with Crippen molar-refractivity contribution in [2.75, 3.05) is 19.8 Å². The molecule has 142 valence electrons. The summed E-state index contributed by atoms with van der Waals surface area (Å²) in [6, 6.07) is 5.03. The second-order valence-electron chi connectivity index (χ2n) is 5.38. The van der Waals surface area contributed by atoms with Gasteiger partial charge >= 0.3 is 6.18 Å². The summed E-state index contributed by atoms with van der Waals surface area (Å²) in [5.74, 6) is -0.533. The van der Waals surface area contributed by atoms with Crippen molar-refractivity contribution < 1.29 is 31.1 Å². The third-order valence-electron chi connectivity index (χ3n) is 3.19. The lowest BCUT2D eigenvalue weighted by molar-refractivity contribution is -0.173. The number of hydrogen-bond donors (Lipinski definition) is 2. The number of alkyl halides is 3. The SMILES string of the molecule is CCC(C)NS(=O)(=O)c1ccc(C(=O)NCCOCC(F)(F)F)cc1. The molecule has 1 unspecified atom stereocenters. The average molecular weight is 382 g/mol. The monoisotopic (exact) mass is 382 g/mol. The molecule has 0 bridgehead atoms. The third kappa shape index (κ3) is 7.84. The number of carbonyl (C=O) groups excluding carboxylic acids is 1. The van der Waals surface area contributed by atoms with Gasteiger partial charge in [-0.25, -0.2) is 13.1 Å². The zero-order valence-corrected chi connectivity index (χ0v) is 14.7. The van der Waals surface area contributed by atoms with E-state index in [9.17, 15) is 26.4 Å². The summed E-state index contributed by atoms with van der Waals surface area (Å²) < 4.78 is 66.7. The molecule has 0 radical (unpaired) electrons. The summed E-state index contributed by atoms with van der Waals surface area (Å²) >= 11 is 0. The molecule has 0 aliphatic carbocycles. The molecule has 0 aromatic heterocycles. The maximum absolute atomic E-state index is 12.1. The van der Waals surface area contributed by atoms with Gasteiger partial charge in [0.2, 0.25) is 10.0 Å². The molecule has 25 heavy (non-hydrogen) atoms. The maximum atomic E-state index is 12.1. The van der Waals surface area contributed by atoms with Crippen molar-refractivity contribution in [3.05, 3.63) is 29.8 Å². The molecule has 0 aliphatic rings. The zero-order valence-electron chi connectivity index (χ0n) is 13.9. The Hall–Kier alpha value is -1.65. The number of ether oxygens (including phenoxy) is 1. The molecular weight excluding hydrogens is 361 g/mol. The molecule has 1 amide bonds. The normalized spacial score (nSPS) is 13.5. The molecule has 10 heteroatoms. The van der Waals surface area contributed by atoms with Crippen LogP contribution in [0.25, 0.3) is 0 Å². The van der Waals surface area contributed by atoms with E-state index in [2.05, 4.69) is 14.8 Å². The average Bonchev–Trinajstić information content (AvgIpc) is 2.53. The van der Waals surface area contributed by atoms with Crippen molar-refractivity contribution in [2.24, 2.45) is 0 Å². The van der Waals surface area contributed by atoms with Crippen LogP contribution < -0.4 is 10.0 Å². The molecule has 0 saturated carbocycles. The Morgan fingerprint density at radius 1 is 1.24 bits per heavy atom. The topological polar surface area (TPSA) is 84.5 Å². The maximum Gasteiger partial charge on any atom is 0.411 e. The van der Waals surface area contributed by atoms with E-state index in [0.29, 0.717) is 6.42 Å². The Morgan fingerprint density at radius 3 is 2.36 bits per heavy atom. The van der Waals surface area contributed by atoms with Crippen molar-refractivity contribution in [1.82, 2.24) is 10.0 Å². The predicted molar refractivity (Wildman–Crippen MR) is 85.7 cm³/mol. The Labute approximate surface area is 144 Å². The summed E-state index contributed by atoms with van der Waals surface area (Å²) in [7, 11) is -3.66. The van der Waals surface area contributed by atoms with Gasteiger partial charge in [-0.05, 0) is 37.6 Å². The molecule has 1 aromatic carbocycles. The summed E-state index contributed by atoms with van der Waals surface area (Å²) in [6.45, 7) is 1.83. The highest BCUT2D eigenvalue weighted by Crippen LogP contribution is 2.14. The Balaban J connectivity index is 2.54. The fourth-order valence-corrected chi connectivity index (χ4v) is 3.06. The highest BCUT2D eigenvalue weighted by molar-refractivity contribution is 7.89. The van der Waals surface area contributed by atoms with Crippen molar-refractivity contribution in [2.45, 2.75) is 37.4 Å². The molecule has 0 spiro atoms. The Kier molecular flexibility index (Phi) is 7.84. The highest BCUT2D eigenvalue weighted by Gasteiger charge is 2.27. The van der Waals surface area contributed by atoms with Gasteiger partial charge in [-0.3, -0.25) is 4.79 Å². The second-order valence-corrected chi connectivity index (χ2v) is 7.09. The quantitative estimate of drug-likeness (QED) is 0.641. The number of halogens is 3. The number of nitrogens with one attached hydrogen (secondary N) is 2. The van der Waals surface area contributed by atoms with Gasteiger partial charge in [0.1, 0.15) is 6.61 Å². The largest absolute Gasteiger partial charge is 0.411 e. The van der Waals surface area contributed by atoms with Crippen LogP contribution >= 0.6 is 0 Å². The predicted octanol–water partition coefficient (Wildman–Crippen LogP) is 2.07. The van der Waals surface area contributed by atoms with Gasteiger partial charge in [-0.15, -0.1) is 0 Å². The molecule has 0 saturated heterocycles. The molecule has 0 heterocycles. The van der Waals surface area contributed by atoms with E-state index in [1.807, 2.05) is 6.92 Å². The first-order valence-electron chi connectivity index (χ1n) is 7.60. The smallest absolute Gasteiger partial charge is 0.370 e. The van der Waals surface area contributed by atoms with Crippen molar-refractivity contribution in [3.8, 4) is 0 Å². The fraction of sp³-hybridized carbons (Fsp3) is 0.533. The lowest BCUT2D eigenvalue weighted by Gasteiger charge is -2.12. The number of sulfonamides is 1. The summed E-state index contributed by atoms with van der Waals surface area (Å²) in [5.41, 5.74) is 0.193. The molecule has 0 aliphatic heterocycles. The number of rotatable bonds is 9. The van der Waals surface area contributed by atoms with E-state index in [0.717, 1.165) is 0 Å².